The minimum atomic E-state index is -0.748. The summed E-state index contributed by atoms with van der Waals surface area (Å²) >= 11 is 0. The molecule has 0 spiro atoms. The number of piperazine rings is 2. The Bertz CT molecular complexity index is 3390. The van der Waals surface area contributed by atoms with Gasteiger partial charge >= 0.3 is 0 Å². The lowest BCUT2D eigenvalue weighted by Crippen LogP contribution is -2.62. The average molecular weight is 1250 g/mol. The van der Waals surface area contributed by atoms with E-state index in [9.17, 15) is 46.3 Å². The number of anilines is 2. The van der Waals surface area contributed by atoms with Crippen molar-refractivity contribution in [2.45, 2.75) is 115 Å². The SMILES string of the molecule is C[C@@H]1CN(CC(=O)N2CC(C)(C)c3[nH]c(=O)c(Cc4ccc(F)cc4F)cc32)[C@@H](CN2CCO[C@H](C(=O)NCc3ccc(CNC(=O)[C@@H]4CN(C[C@H]5CN[C@H](C)CN5CC(=O)N5CC(C)(C)c6[nH]c(=O)c(Cc7ccc(F)cc7F)cc65)CCO4)cc3)C2)CN1. The summed E-state index contributed by atoms with van der Waals surface area (Å²) in [5.74, 6) is -3.66. The maximum Gasteiger partial charge on any atom is 0.251 e. The van der Waals surface area contributed by atoms with Gasteiger partial charge in [0.15, 0.2) is 0 Å². The number of nitrogens with zero attached hydrogens (tertiary/aromatic N) is 6. The number of H-pyrrole nitrogens is 2. The molecular formula is C66H82F4N12O8. The largest absolute Gasteiger partial charge is 0.366 e. The number of benzene rings is 3. The molecule has 3 aromatic carbocycles. The number of fused-ring (bicyclic) bond motifs is 2. The second kappa shape index (κ2) is 27.0. The van der Waals surface area contributed by atoms with Crippen molar-refractivity contribution in [3.63, 3.8) is 0 Å². The van der Waals surface area contributed by atoms with Crippen molar-refractivity contribution in [3.8, 4) is 0 Å². The van der Waals surface area contributed by atoms with Crippen LogP contribution >= 0.6 is 0 Å². The van der Waals surface area contributed by atoms with E-state index in [1.165, 1.54) is 12.1 Å². The molecule has 6 atom stereocenters. The Hall–Kier alpha value is -7.16. The van der Waals surface area contributed by atoms with Gasteiger partial charge in [-0.2, -0.15) is 0 Å². The highest BCUT2D eigenvalue weighted by atomic mass is 19.1. The zero-order chi connectivity index (χ0) is 63.8. The fraction of sp³-hybridized carbons (Fsp3) is 0.515. The molecule has 90 heavy (non-hydrogen) atoms. The molecule has 0 unspecified atom stereocenters. The van der Waals surface area contributed by atoms with Gasteiger partial charge in [-0.3, -0.25) is 48.4 Å². The van der Waals surface area contributed by atoms with E-state index < -0.39 is 46.3 Å². The molecule has 5 aromatic rings. The van der Waals surface area contributed by atoms with E-state index in [0.717, 1.165) is 35.4 Å². The molecule has 4 fully saturated rings. The maximum absolute atomic E-state index is 14.7. The van der Waals surface area contributed by atoms with E-state index in [-0.39, 0.29) is 120 Å². The van der Waals surface area contributed by atoms with Gasteiger partial charge in [0.1, 0.15) is 35.5 Å². The number of hydrogen-bond acceptors (Lipinski definition) is 14. The predicted molar refractivity (Wildman–Crippen MR) is 331 cm³/mol. The Balaban J connectivity index is 0.632. The topological polar surface area (TPSA) is 220 Å². The minimum Gasteiger partial charge on any atom is -0.366 e. The zero-order valence-electron chi connectivity index (χ0n) is 52.0. The summed E-state index contributed by atoms with van der Waals surface area (Å²) in [6.07, 6.45) is -1.55. The van der Waals surface area contributed by atoms with Gasteiger partial charge in [-0.15, -0.1) is 0 Å². The summed E-state index contributed by atoms with van der Waals surface area (Å²) in [6.45, 7) is 19.8. The van der Waals surface area contributed by atoms with Crippen molar-refractivity contribution in [3.05, 3.63) is 162 Å². The van der Waals surface area contributed by atoms with Crippen LogP contribution in [0.4, 0.5) is 28.9 Å². The molecule has 4 amide bonds. The van der Waals surface area contributed by atoms with Crippen molar-refractivity contribution < 1.29 is 46.2 Å². The van der Waals surface area contributed by atoms with Gasteiger partial charge in [0.05, 0.1) is 37.7 Å². The van der Waals surface area contributed by atoms with Crippen LogP contribution in [0.25, 0.3) is 0 Å². The molecule has 4 saturated heterocycles. The number of morpholine rings is 2. The summed E-state index contributed by atoms with van der Waals surface area (Å²) < 4.78 is 68.7. The average Bonchev–Trinajstić information content (AvgIpc) is 1.62. The van der Waals surface area contributed by atoms with Gasteiger partial charge < -0.3 is 50.5 Å². The first kappa shape index (κ1) is 64.4. The Morgan fingerprint density at radius 1 is 0.556 bits per heavy atom. The lowest BCUT2D eigenvalue weighted by atomic mass is 9.91. The molecule has 24 heteroatoms. The van der Waals surface area contributed by atoms with Crippen LogP contribution in [0.1, 0.15) is 86.3 Å². The number of carbonyl (C=O) groups is 4. The lowest BCUT2D eigenvalue weighted by molar-refractivity contribution is -0.139. The first-order valence-electron chi connectivity index (χ1n) is 31.2. The van der Waals surface area contributed by atoms with E-state index in [4.69, 9.17) is 9.47 Å². The minimum absolute atomic E-state index is 0.0605. The van der Waals surface area contributed by atoms with Crippen LogP contribution in [-0.2, 0) is 65.4 Å². The van der Waals surface area contributed by atoms with Crippen LogP contribution in [0.3, 0.4) is 0 Å². The highest BCUT2D eigenvalue weighted by Gasteiger charge is 2.44. The van der Waals surface area contributed by atoms with Crippen molar-refractivity contribution in [1.29, 1.82) is 0 Å². The highest BCUT2D eigenvalue weighted by molar-refractivity contribution is 5.98. The molecule has 0 bridgehead atoms. The van der Waals surface area contributed by atoms with Crippen molar-refractivity contribution >= 4 is 35.0 Å². The third-order valence-corrected chi connectivity index (χ3v) is 18.5. The van der Waals surface area contributed by atoms with Crippen LogP contribution in [-0.4, -0.2) is 194 Å². The van der Waals surface area contributed by atoms with E-state index in [0.29, 0.717) is 115 Å². The maximum atomic E-state index is 14.7. The monoisotopic (exact) mass is 1250 g/mol. The van der Waals surface area contributed by atoms with Crippen LogP contribution in [0.2, 0.25) is 0 Å². The highest BCUT2D eigenvalue weighted by Crippen LogP contribution is 2.41. The first-order chi connectivity index (χ1) is 42.9. The zero-order valence-corrected chi connectivity index (χ0v) is 52.0. The van der Waals surface area contributed by atoms with Crippen molar-refractivity contribution in [2.75, 3.05) is 115 Å². The Kier molecular flexibility index (Phi) is 19.3. The molecule has 2 aromatic heterocycles. The van der Waals surface area contributed by atoms with Crippen LogP contribution in [0.15, 0.2) is 82.4 Å². The van der Waals surface area contributed by atoms with Gasteiger partial charge in [-0.1, -0.05) is 64.1 Å². The molecule has 0 saturated carbocycles. The van der Waals surface area contributed by atoms with Crippen molar-refractivity contribution in [1.82, 2.24) is 50.8 Å². The summed E-state index contributed by atoms with van der Waals surface area (Å²) in [5, 5.41) is 13.2. The number of halogens is 4. The van der Waals surface area contributed by atoms with Crippen LogP contribution in [0.5, 0.6) is 0 Å². The van der Waals surface area contributed by atoms with Gasteiger partial charge in [0.2, 0.25) is 11.8 Å². The van der Waals surface area contributed by atoms with Crippen LogP contribution in [0, 0.1) is 23.3 Å². The van der Waals surface area contributed by atoms with Crippen LogP contribution < -0.4 is 42.2 Å². The van der Waals surface area contributed by atoms with Gasteiger partial charge in [0, 0.05) is 174 Å². The fourth-order valence-electron chi connectivity index (χ4n) is 13.5. The van der Waals surface area contributed by atoms with E-state index in [1.807, 2.05) is 52.0 Å². The molecule has 6 aliphatic rings. The standard InChI is InChI=1S/C66H82F4N12O8/c1-39-29-79(35-57(83)81-37-65(3,4)59-53(81)21-45(61(85)75-59)19-43-11-13-47(67)23-51(43)69)49(27-71-39)31-77-15-17-89-55(33-77)63(87)73-25-41-7-9-42(10-8-41)26-74-64(88)56-34-78(16-18-90-56)32-50-28-72-40(2)30-80(50)36-58(84)82-38-66(5,6)60-54(82)22-46(62(86)76-60)20-44-12-14-48(68)24-52(44)70/h7-14,21-24,39-40,49-50,55-56,71-72H,15-20,25-38H2,1-6H3,(H,73,87)(H,74,88)(H,75,85)(H,76,86)/t39-,40-,49-,50-,55+,56+/m1/s1. The Morgan fingerprint density at radius 2 is 0.956 bits per heavy atom. The number of carbonyl (C=O) groups excluding carboxylic acids is 4. The normalized spacial score (nSPS) is 23.8. The molecule has 8 heterocycles. The number of hydrogen-bond donors (Lipinski definition) is 6. The number of rotatable bonds is 18. The van der Waals surface area contributed by atoms with Crippen molar-refractivity contribution in [2.24, 2.45) is 0 Å². The molecule has 20 nitrogen and oxygen atoms in total. The number of aromatic nitrogens is 2. The third-order valence-electron chi connectivity index (χ3n) is 18.5. The summed E-state index contributed by atoms with van der Waals surface area (Å²) in [6, 6.07) is 17.6. The molecule has 0 radical (unpaired) electrons. The van der Waals surface area contributed by atoms with E-state index in [1.54, 1.807) is 21.9 Å². The second-order valence-electron chi connectivity index (χ2n) is 26.6. The number of nitrogens with one attached hydrogen (secondary N) is 6. The number of ether oxygens (including phenoxy) is 2. The summed E-state index contributed by atoms with van der Waals surface area (Å²) in [4.78, 5) is 101. The summed E-state index contributed by atoms with van der Waals surface area (Å²) in [7, 11) is 0. The Morgan fingerprint density at radius 3 is 1.34 bits per heavy atom. The second-order valence-corrected chi connectivity index (χ2v) is 26.6. The molecule has 482 valence electrons. The smallest absolute Gasteiger partial charge is 0.251 e. The Labute approximate surface area is 521 Å². The number of amides is 4. The summed E-state index contributed by atoms with van der Waals surface area (Å²) in [5.41, 5.74) is 3.15. The lowest BCUT2D eigenvalue weighted by Gasteiger charge is -2.43. The number of aromatic amines is 2. The quantitative estimate of drug-likeness (QED) is 0.0694. The molecule has 6 N–H and O–H groups in total. The molecule has 6 aliphatic heterocycles. The van der Waals surface area contributed by atoms with Gasteiger partial charge in [0.25, 0.3) is 22.9 Å². The molecule has 0 aliphatic carbocycles. The molecular weight excluding hydrogens is 1160 g/mol. The van der Waals surface area contributed by atoms with E-state index >= 15 is 0 Å². The fourth-order valence-corrected chi connectivity index (χ4v) is 13.5. The third kappa shape index (κ3) is 14.8. The van der Waals surface area contributed by atoms with Gasteiger partial charge in [-0.25, -0.2) is 17.6 Å². The predicted octanol–water partition coefficient (Wildman–Crippen LogP) is 3.41. The van der Waals surface area contributed by atoms with E-state index in [2.05, 4.69) is 64.7 Å². The first-order valence-corrected chi connectivity index (χ1v) is 31.2. The number of pyridine rings is 2. The van der Waals surface area contributed by atoms with Gasteiger partial charge in [-0.05, 0) is 60.4 Å². The molecule has 11 rings (SSSR count).